The maximum atomic E-state index is 12.0. The van der Waals surface area contributed by atoms with Crippen molar-refractivity contribution >= 4 is 35.4 Å². The van der Waals surface area contributed by atoms with E-state index in [1.165, 1.54) is 0 Å². The van der Waals surface area contributed by atoms with Gasteiger partial charge >= 0.3 is 5.97 Å². The lowest BCUT2D eigenvalue weighted by Crippen LogP contribution is -2.14. The molecule has 1 amide bonds. The molecule has 0 bridgehead atoms. The van der Waals surface area contributed by atoms with Gasteiger partial charge in [0.25, 0.3) is 0 Å². The number of methoxy groups -OCH3 is 1. The summed E-state index contributed by atoms with van der Waals surface area (Å²) in [6.07, 6.45) is 1.55. The summed E-state index contributed by atoms with van der Waals surface area (Å²) in [5, 5.41) is 12.0. The zero-order valence-electron chi connectivity index (χ0n) is 13.1. The Kier molecular flexibility index (Phi) is 6.45. The standard InChI is InChI=1S/C18H17NO4S/c1-23-15-9-7-14(8-10-15)19-17(20)12-24-16(18(21)22)11-13-5-3-2-4-6-13/h2-11H,12H2,1H3,(H,19,20)(H,21,22)/b16-11+. The van der Waals surface area contributed by atoms with E-state index in [9.17, 15) is 14.7 Å². The number of benzene rings is 2. The molecule has 0 spiro atoms. The smallest absolute Gasteiger partial charge is 0.342 e. The minimum atomic E-state index is -1.05. The maximum Gasteiger partial charge on any atom is 0.342 e. The van der Waals surface area contributed by atoms with Crippen molar-refractivity contribution in [3.8, 4) is 5.75 Å². The fourth-order valence-electron chi connectivity index (χ4n) is 1.88. The van der Waals surface area contributed by atoms with Gasteiger partial charge in [-0.05, 0) is 35.9 Å². The van der Waals surface area contributed by atoms with Crippen molar-refractivity contribution in [2.24, 2.45) is 0 Å². The first-order valence-corrected chi connectivity index (χ1v) is 8.14. The number of thioether (sulfide) groups is 1. The number of hydrogen-bond acceptors (Lipinski definition) is 4. The van der Waals surface area contributed by atoms with E-state index < -0.39 is 5.97 Å². The third kappa shape index (κ3) is 5.48. The molecule has 2 rings (SSSR count). The van der Waals surface area contributed by atoms with Gasteiger partial charge in [0.1, 0.15) is 5.75 Å². The van der Waals surface area contributed by atoms with E-state index in [0.717, 1.165) is 17.3 Å². The molecule has 2 aromatic rings. The van der Waals surface area contributed by atoms with Crippen LogP contribution in [0.2, 0.25) is 0 Å². The molecule has 24 heavy (non-hydrogen) atoms. The van der Waals surface area contributed by atoms with Gasteiger partial charge < -0.3 is 15.2 Å². The van der Waals surface area contributed by atoms with Crippen LogP contribution in [0.3, 0.4) is 0 Å². The highest BCUT2D eigenvalue weighted by Gasteiger charge is 2.11. The van der Waals surface area contributed by atoms with Gasteiger partial charge in [-0.25, -0.2) is 4.79 Å². The summed E-state index contributed by atoms with van der Waals surface area (Å²) >= 11 is 0.984. The summed E-state index contributed by atoms with van der Waals surface area (Å²) in [6, 6.07) is 16.0. The predicted molar refractivity (Wildman–Crippen MR) is 96.1 cm³/mol. The third-order valence-electron chi connectivity index (χ3n) is 3.04. The summed E-state index contributed by atoms with van der Waals surface area (Å²) in [5.41, 5.74) is 1.41. The van der Waals surface area contributed by atoms with E-state index in [-0.39, 0.29) is 16.6 Å². The van der Waals surface area contributed by atoms with Crippen molar-refractivity contribution in [2.75, 3.05) is 18.2 Å². The van der Waals surface area contributed by atoms with Gasteiger partial charge in [-0.15, -0.1) is 11.8 Å². The SMILES string of the molecule is COc1ccc(NC(=O)CS/C(=C/c2ccccc2)C(=O)O)cc1. The Balaban J connectivity index is 1.95. The highest BCUT2D eigenvalue weighted by molar-refractivity contribution is 8.04. The minimum Gasteiger partial charge on any atom is -0.497 e. The van der Waals surface area contributed by atoms with Gasteiger partial charge in [0.05, 0.1) is 17.8 Å². The van der Waals surface area contributed by atoms with E-state index in [1.807, 2.05) is 18.2 Å². The molecule has 0 aliphatic rings. The molecule has 0 heterocycles. The first-order valence-electron chi connectivity index (χ1n) is 7.15. The van der Waals surface area contributed by atoms with E-state index in [0.29, 0.717) is 11.4 Å². The van der Waals surface area contributed by atoms with Crippen LogP contribution in [0, 0.1) is 0 Å². The summed E-state index contributed by atoms with van der Waals surface area (Å²) in [4.78, 5) is 23.4. The molecule has 0 radical (unpaired) electrons. The van der Waals surface area contributed by atoms with Crippen LogP contribution in [0.25, 0.3) is 6.08 Å². The van der Waals surface area contributed by atoms with Crippen molar-refractivity contribution in [1.82, 2.24) is 0 Å². The molecular weight excluding hydrogens is 326 g/mol. The molecular formula is C18H17NO4S. The molecule has 2 aromatic carbocycles. The van der Waals surface area contributed by atoms with E-state index >= 15 is 0 Å². The van der Waals surface area contributed by atoms with Crippen LogP contribution in [0.4, 0.5) is 5.69 Å². The second kappa shape index (κ2) is 8.79. The van der Waals surface area contributed by atoms with Crippen LogP contribution in [-0.2, 0) is 9.59 Å². The van der Waals surface area contributed by atoms with E-state index in [1.54, 1.807) is 49.6 Å². The van der Waals surface area contributed by atoms with Crippen LogP contribution in [0.15, 0.2) is 59.5 Å². The molecule has 6 heteroatoms. The predicted octanol–water partition coefficient (Wildman–Crippen LogP) is 3.49. The Morgan fingerprint density at radius 2 is 1.79 bits per heavy atom. The number of ether oxygens (including phenoxy) is 1. The maximum absolute atomic E-state index is 12.0. The van der Waals surface area contributed by atoms with E-state index in [2.05, 4.69) is 5.32 Å². The molecule has 0 fully saturated rings. The van der Waals surface area contributed by atoms with Crippen LogP contribution < -0.4 is 10.1 Å². The average Bonchev–Trinajstić information content (AvgIpc) is 2.60. The number of carboxylic acid groups (broad SMARTS) is 1. The molecule has 0 aliphatic carbocycles. The van der Waals surface area contributed by atoms with Gasteiger partial charge in [0.15, 0.2) is 0 Å². The fourth-order valence-corrected chi connectivity index (χ4v) is 2.58. The first kappa shape index (κ1) is 17.6. The number of rotatable bonds is 7. The van der Waals surface area contributed by atoms with Crippen molar-refractivity contribution in [3.63, 3.8) is 0 Å². The summed E-state index contributed by atoms with van der Waals surface area (Å²) < 4.78 is 5.05. The number of carboxylic acids is 1. The molecule has 0 aliphatic heterocycles. The Bertz CT molecular complexity index is 726. The number of nitrogens with one attached hydrogen (secondary N) is 1. The summed E-state index contributed by atoms with van der Waals surface area (Å²) in [7, 11) is 1.57. The van der Waals surface area contributed by atoms with Gasteiger partial charge in [-0.1, -0.05) is 30.3 Å². The zero-order chi connectivity index (χ0) is 17.4. The minimum absolute atomic E-state index is 0.0109. The van der Waals surface area contributed by atoms with Crippen molar-refractivity contribution < 1.29 is 19.4 Å². The molecule has 124 valence electrons. The van der Waals surface area contributed by atoms with Crippen LogP contribution in [0.5, 0.6) is 5.75 Å². The number of carbonyl (C=O) groups is 2. The normalized spacial score (nSPS) is 11.0. The van der Waals surface area contributed by atoms with Gasteiger partial charge in [0.2, 0.25) is 5.91 Å². The van der Waals surface area contributed by atoms with Gasteiger partial charge in [0, 0.05) is 5.69 Å². The van der Waals surface area contributed by atoms with Crippen LogP contribution >= 0.6 is 11.8 Å². The molecule has 0 saturated carbocycles. The average molecular weight is 343 g/mol. The second-order valence-corrected chi connectivity index (χ2v) is 5.81. The largest absolute Gasteiger partial charge is 0.497 e. The Morgan fingerprint density at radius 3 is 2.38 bits per heavy atom. The molecule has 0 aromatic heterocycles. The van der Waals surface area contributed by atoms with Gasteiger partial charge in [-0.2, -0.15) is 0 Å². The van der Waals surface area contributed by atoms with Crippen molar-refractivity contribution in [1.29, 1.82) is 0 Å². The fraction of sp³-hybridized carbons (Fsp3) is 0.111. The Hall–Kier alpha value is -2.73. The number of hydrogen-bond donors (Lipinski definition) is 2. The Morgan fingerprint density at radius 1 is 1.12 bits per heavy atom. The lowest BCUT2D eigenvalue weighted by molar-refractivity contribution is -0.131. The molecule has 2 N–H and O–H groups in total. The Labute approximate surface area is 144 Å². The third-order valence-corrected chi connectivity index (χ3v) is 4.05. The molecule has 0 unspecified atom stereocenters. The molecule has 5 nitrogen and oxygen atoms in total. The van der Waals surface area contributed by atoms with E-state index in [4.69, 9.17) is 4.74 Å². The first-order chi connectivity index (χ1) is 11.6. The summed E-state index contributed by atoms with van der Waals surface area (Å²) in [6.45, 7) is 0. The lowest BCUT2D eigenvalue weighted by atomic mass is 10.2. The lowest BCUT2D eigenvalue weighted by Gasteiger charge is -2.07. The van der Waals surface area contributed by atoms with Gasteiger partial charge in [-0.3, -0.25) is 4.79 Å². The van der Waals surface area contributed by atoms with Crippen molar-refractivity contribution in [3.05, 3.63) is 65.1 Å². The van der Waals surface area contributed by atoms with Crippen molar-refractivity contribution in [2.45, 2.75) is 0 Å². The highest BCUT2D eigenvalue weighted by atomic mass is 32.2. The summed E-state index contributed by atoms with van der Waals surface area (Å²) in [5.74, 6) is -0.621. The highest BCUT2D eigenvalue weighted by Crippen LogP contribution is 2.21. The quantitative estimate of drug-likeness (QED) is 0.753. The monoisotopic (exact) mass is 343 g/mol. The number of anilines is 1. The van der Waals surface area contributed by atoms with Crippen LogP contribution in [-0.4, -0.2) is 29.8 Å². The number of carbonyl (C=O) groups excluding carboxylic acids is 1. The second-order valence-electron chi connectivity index (χ2n) is 4.79. The molecule has 0 atom stereocenters. The molecule has 0 saturated heterocycles. The number of aliphatic carboxylic acids is 1. The van der Waals surface area contributed by atoms with Crippen LogP contribution in [0.1, 0.15) is 5.56 Å². The number of amides is 1. The topological polar surface area (TPSA) is 75.6 Å². The zero-order valence-corrected chi connectivity index (χ0v) is 13.9.